The molecule has 1 aliphatic rings. The number of piperidine rings is 1. The molecule has 0 amide bonds. The molecule has 3 nitrogen and oxygen atoms in total. The Morgan fingerprint density at radius 3 is 2.50 bits per heavy atom. The van der Waals surface area contributed by atoms with Crippen LogP contribution < -0.4 is 10.2 Å². The molecule has 112 valence electrons. The molecule has 2 heterocycles. The van der Waals surface area contributed by atoms with Gasteiger partial charge in [0.1, 0.15) is 5.82 Å². The minimum Gasteiger partial charge on any atom is -0.357 e. The molecule has 1 saturated heterocycles. The lowest BCUT2D eigenvalue weighted by atomic mass is 9.74. The van der Waals surface area contributed by atoms with Crippen LogP contribution >= 0.6 is 0 Å². The standard InChI is InChI=1S/C17H29N3/c1-5-17(6-2)8-11-20(12-9-17)16-13-15(7-10-19-16)14(3)18-4/h7,10,13-14,18H,5-6,8-9,11-12H2,1-4H3. The van der Waals surface area contributed by atoms with Crippen LogP contribution in [0.1, 0.15) is 58.1 Å². The van der Waals surface area contributed by atoms with E-state index in [4.69, 9.17) is 0 Å². The predicted octanol–water partition coefficient (Wildman–Crippen LogP) is 3.77. The van der Waals surface area contributed by atoms with Crippen molar-refractivity contribution in [3.05, 3.63) is 23.9 Å². The zero-order valence-electron chi connectivity index (χ0n) is 13.4. The van der Waals surface area contributed by atoms with Crippen molar-refractivity contribution in [2.45, 2.75) is 52.5 Å². The summed E-state index contributed by atoms with van der Waals surface area (Å²) < 4.78 is 0. The molecule has 3 heteroatoms. The second-order valence-corrected chi connectivity index (χ2v) is 6.15. The minimum absolute atomic E-state index is 0.381. The van der Waals surface area contributed by atoms with Crippen LogP contribution in [0.4, 0.5) is 5.82 Å². The molecule has 0 radical (unpaired) electrons. The van der Waals surface area contributed by atoms with Gasteiger partial charge in [-0.3, -0.25) is 0 Å². The van der Waals surface area contributed by atoms with Gasteiger partial charge in [0.15, 0.2) is 0 Å². The highest BCUT2D eigenvalue weighted by molar-refractivity contribution is 5.42. The van der Waals surface area contributed by atoms with E-state index in [-0.39, 0.29) is 0 Å². The van der Waals surface area contributed by atoms with E-state index in [1.807, 2.05) is 13.2 Å². The second-order valence-electron chi connectivity index (χ2n) is 6.15. The van der Waals surface area contributed by atoms with Crippen molar-refractivity contribution in [2.24, 2.45) is 5.41 Å². The highest BCUT2D eigenvalue weighted by Gasteiger charge is 2.31. The van der Waals surface area contributed by atoms with Crippen LogP contribution in [-0.4, -0.2) is 25.1 Å². The molecule has 0 aliphatic carbocycles. The number of nitrogens with zero attached hydrogens (tertiary/aromatic N) is 2. The molecule has 0 spiro atoms. The van der Waals surface area contributed by atoms with Gasteiger partial charge in [0, 0.05) is 25.3 Å². The fraction of sp³-hybridized carbons (Fsp3) is 0.706. The summed E-state index contributed by atoms with van der Waals surface area (Å²) in [5.74, 6) is 1.14. The van der Waals surface area contributed by atoms with Gasteiger partial charge in [-0.2, -0.15) is 0 Å². The Hall–Kier alpha value is -1.09. The van der Waals surface area contributed by atoms with Gasteiger partial charge in [0.05, 0.1) is 0 Å². The molecule has 1 aliphatic heterocycles. The third-order valence-electron chi connectivity index (χ3n) is 5.35. The van der Waals surface area contributed by atoms with Gasteiger partial charge < -0.3 is 10.2 Å². The van der Waals surface area contributed by atoms with Crippen LogP contribution in [0.2, 0.25) is 0 Å². The quantitative estimate of drug-likeness (QED) is 0.886. The summed E-state index contributed by atoms with van der Waals surface area (Å²) in [7, 11) is 2.00. The topological polar surface area (TPSA) is 28.2 Å². The summed E-state index contributed by atoms with van der Waals surface area (Å²) in [4.78, 5) is 7.03. The van der Waals surface area contributed by atoms with E-state index >= 15 is 0 Å². The molecule has 1 atom stereocenters. The van der Waals surface area contributed by atoms with Gasteiger partial charge in [0.2, 0.25) is 0 Å². The van der Waals surface area contributed by atoms with Crippen LogP contribution in [0.15, 0.2) is 18.3 Å². The molecule has 1 fully saturated rings. The van der Waals surface area contributed by atoms with Gasteiger partial charge in [-0.25, -0.2) is 4.98 Å². The van der Waals surface area contributed by atoms with Gasteiger partial charge >= 0.3 is 0 Å². The Morgan fingerprint density at radius 1 is 1.30 bits per heavy atom. The summed E-state index contributed by atoms with van der Waals surface area (Å²) in [6, 6.07) is 4.73. The number of hydrogen-bond donors (Lipinski definition) is 1. The maximum atomic E-state index is 4.58. The number of anilines is 1. The molecule has 1 unspecified atom stereocenters. The van der Waals surface area contributed by atoms with E-state index < -0.39 is 0 Å². The number of pyridine rings is 1. The average Bonchev–Trinajstić information content (AvgIpc) is 2.54. The monoisotopic (exact) mass is 275 g/mol. The van der Waals surface area contributed by atoms with Gasteiger partial charge in [-0.15, -0.1) is 0 Å². The van der Waals surface area contributed by atoms with E-state index in [0.717, 1.165) is 18.9 Å². The number of nitrogens with one attached hydrogen (secondary N) is 1. The zero-order valence-corrected chi connectivity index (χ0v) is 13.4. The molecule has 20 heavy (non-hydrogen) atoms. The van der Waals surface area contributed by atoms with Crippen molar-refractivity contribution in [3.8, 4) is 0 Å². The molecule has 0 saturated carbocycles. The van der Waals surface area contributed by atoms with Gasteiger partial charge in [0.25, 0.3) is 0 Å². The molecule has 1 N–H and O–H groups in total. The van der Waals surface area contributed by atoms with Crippen LogP contribution in [-0.2, 0) is 0 Å². The number of rotatable bonds is 5. The van der Waals surface area contributed by atoms with Crippen molar-refractivity contribution >= 4 is 5.82 Å². The van der Waals surface area contributed by atoms with E-state index in [1.54, 1.807) is 0 Å². The minimum atomic E-state index is 0.381. The Labute approximate surface area is 123 Å². The fourth-order valence-corrected chi connectivity index (χ4v) is 3.21. The normalized spacial score (nSPS) is 19.9. The van der Waals surface area contributed by atoms with Gasteiger partial charge in [-0.05, 0) is 49.9 Å². The summed E-state index contributed by atoms with van der Waals surface area (Å²) in [6.45, 7) is 9.16. The van der Waals surface area contributed by atoms with Crippen molar-refractivity contribution in [1.29, 1.82) is 0 Å². The maximum absolute atomic E-state index is 4.58. The van der Waals surface area contributed by atoms with E-state index in [1.165, 1.54) is 31.2 Å². The first-order chi connectivity index (χ1) is 9.64. The van der Waals surface area contributed by atoms with E-state index in [9.17, 15) is 0 Å². The van der Waals surface area contributed by atoms with Crippen molar-refractivity contribution in [2.75, 3.05) is 25.0 Å². The van der Waals surface area contributed by atoms with Crippen molar-refractivity contribution in [1.82, 2.24) is 10.3 Å². The maximum Gasteiger partial charge on any atom is 0.128 e. The lowest BCUT2D eigenvalue weighted by Gasteiger charge is -2.41. The van der Waals surface area contributed by atoms with Crippen molar-refractivity contribution < 1.29 is 0 Å². The summed E-state index contributed by atoms with van der Waals surface area (Å²) in [5.41, 5.74) is 1.90. The second kappa shape index (κ2) is 6.57. The summed E-state index contributed by atoms with van der Waals surface area (Å²) in [6.07, 6.45) is 7.16. The first-order valence-corrected chi connectivity index (χ1v) is 8.02. The highest BCUT2D eigenvalue weighted by Crippen LogP contribution is 2.38. The SMILES string of the molecule is CCC1(CC)CCN(c2cc(C(C)NC)ccn2)CC1. The largest absolute Gasteiger partial charge is 0.357 e. The molecule has 0 bridgehead atoms. The molecule has 0 aromatic carbocycles. The fourth-order valence-electron chi connectivity index (χ4n) is 3.21. The Balaban J connectivity index is 2.07. The number of hydrogen-bond acceptors (Lipinski definition) is 3. The zero-order chi connectivity index (χ0) is 14.6. The Kier molecular flexibility index (Phi) is 5.03. The van der Waals surface area contributed by atoms with Crippen molar-refractivity contribution in [3.63, 3.8) is 0 Å². The number of aromatic nitrogens is 1. The smallest absolute Gasteiger partial charge is 0.128 e. The average molecular weight is 275 g/mol. The highest BCUT2D eigenvalue weighted by atomic mass is 15.2. The lowest BCUT2D eigenvalue weighted by molar-refractivity contribution is 0.199. The first-order valence-electron chi connectivity index (χ1n) is 8.02. The molecule has 1 aromatic rings. The molecule has 2 rings (SSSR count). The third kappa shape index (κ3) is 3.14. The van der Waals surface area contributed by atoms with E-state index in [2.05, 4.69) is 48.1 Å². The molecule has 1 aromatic heterocycles. The predicted molar refractivity (Wildman–Crippen MR) is 86.2 cm³/mol. The Morgan fingerprint density at radius 2 is 1.95 bits per heavy atom. The van der Waals surface area contributed by atoms with Crippen LogP contribution in [0, 0.1) is 5.41 Å². The van der Waals surface area contributed by atoms with E-state index in [0.29, 0.717) is 11.5 Å². The van der Waals surface area contributed by atoms with Crippen LogP contribution in [0.25, 0.3) is 0 Å². The third-order valence-corrected chi connectivity index (χ3v) is 5.35. The summed E-state index contributed by atoms with van der Waals surface area (Å²) in [5, 5.41) is 3.30. The Bertz CT molecular complexity index is 416. The molecular weight excluding hydrogens is 246 g/mol. The lowest BCUT2D eigenvalue weighted by Crippen LogP contribution is -2.40. The first kappa shape index (κ1) is 15.3. The van der Waals surface area contributed by atoms with Crippen LogP contribution in [0.5, 0.6) is 0 Å². The van der Waals surface area contributed by atoms with Crippen LogP contribution in [0.3, 0.4) is 0 Å². The molecular formula is C17H29N3. The van der Waals surface area contributed by atoms with Gasteiger partial charge in [-0.1, -0.05) is 26.7 Å². The summed E-state index contributed by atoms with van der Waals surface area (Å²) >= 11 is 0.